The number of benzene rings is 1. The molecule has 2 unspecified atom stereocenters. The fourth-order valence-electron chi connectivity index (χ4n) is 3.16. The van der Waals surface area contributed by atoms with Gasteiger partial charge in [-0.2, -0.15) is 0 Å². The third-order valence-corrected chi connectivity index (χ3v) is 7.89. The molecular weight excluding hydrogens is 340 g/mol. The van der Waals surface area contributed by atoms with Crippen LogP contribution in [0.15, 0.2) is 29.3 Å². The van der Waals surface area contributed by atoms with Crippen LogP contribution in [0.25, 0.3) is 0 Å². The van der Waals surface area contributed by atoms with Crippen molar-refractivity contribution in [3.05, 3.63) is 29.8 Å². The minimum Gasteiger partial charge on any atom is -0.321 e. The van der Waals surface area contributed by atoms with Crippen molar-refractivity contribution in [1.82, 2.24) is 0 Å². The molecule has 2 aliphatic heterocycles. The number of hydrogen-bond donors (Lipinski definition) is 0. The minimum atomic E-state index is -2.90. The molecule has 1 fully saturated rings. The standard InChI is InChI=1S/C18H26N2O2S2/c1-4-5-10-20(15-8-6-14(7-9-15)13(2)3)18-19-16-11-24(21,22)12-17(16)23-18/h6-9,13,16-17H,4-5,10-12H2,1-3H3. The van der Waals surface area contributed by atoms with Crippen molar-refractivity contribution in [2.75, 3.05) is 23.0 Å². The van der Waals surface area contributed by atoms with Gasteiger partial charge in [-0.25, -0.2) is 8.42 Å². The molecule has 1 saturated heterocycles. The van der Waals surface area contributed by atoms with E-state index in [0.717, 1.165) is 30.2 Å². The maximum Gasteiger partial charge on any atom is 0.164 e. The molecule has 2 atom stereocenters. The van der Waals surface area contributed by atoms with Crippen molar-refractivity contribution < 1.29 is 8.42 Å². The molecule has 0 aliphatic carbocycles. The highest BCUT2D eigenvalue weighted by Gasteiger charge is 2.43. The van der Waals surface area contributed by atoms with E-state index in [1.807, 2.05) is 0 Å². The van der Waals surface area contributed by atoms with Gasteiger partial charge in [-0.1, -0.05) is 51.1 Å². The van der Waals surface area contributed by atoms with Crippen LogP contribution in [0.2, 0.25) is 0 Å². The van der Waals surface area contributed by atoms with Crippen LogP contribution in [0.3, 0.4) is 0 Å². The topological polar surface area (TPSA) is 49.7 Å². The number of unbranched alkanes of at least 4 members (excludes halogenated alkanes) is 1. The number of nitrogens with zero attached hydrogens (tertiary/aromatic N) is 2. The average molecular weight is 367 g/mol. The number of sulfone groups is 1. The van der Waals surface area contributed by atoms with Crippen molar-refractivity contribution in [1.29, 1.82) is 0 Å². The Morgan fingerprint density at radius 3 is 2.54 bits per heavy atom. The van der Waals surface area contributed by atoms with Gasteiger partial charge in [0, 0.05) is 17.5 Å². The Labute approximate surface area is 149 Å². The van der Waals surface area contributed by atoms with Gasteiger partial charge in [0.2, 0.25) is 0 Å². The lowest BCUT2D eigenvalue weighted by atomic mass is 10.0. The summed E-state index contributed by atoms with van der Waals surface area (Å²) in [7, 11) is -2.90. The van der Waals surface area contributed by atoms with E-state index < -0.39 is 9.84 Å². The molecule has 6 heteroatoms. The molecule has 0 N–H and O–H groups in total. The van der Waals surface area contributed by atoms with Crippen molar-refractivity contribution >= 4 is 32.5 Å². The zero-order chi connectivity index (χ0) is 17.3. The summed E-state index contributed by atoms with van der Waals surface area (Å²) in [6, 6.07) is 8.64. The summed E-state index contributed by atoms with van der Waals surface area (Å²) >= 11 is 1.64. The highest BCUT2D eigenvalue weighted by molar-refractivity contribution is 8.15. The summed E-state index contributed by atoms with van der Waals surface area (Å²) in [5, 5.41) is 1.09. The van der Waals surface area contributed by atoms with Gasteiger partial charge in [0.1, 0.15) is 0 Å². The zero-order valence-electron chi connectivity index (χ0n) is 14.6. The average Bonchev–Trinajstić information content (AvgIpc) is 3.01. The fourth-order valence-corrected chi connectivity index (χ4v) is 6.97. The van der Waals surface area contributed by atoms with Crippen LogP contribution in [0.5, 0.6) is 0 Å². The van der Waals surface area contributed by atoms with Gasteiger partial charge in [-0.3, -0.25) is 4.99 Å². The van der Waals surface area contributed by atoms with E-state index in [0.29, 0.717) is 5.92 Å². The maximum atomic E-state index is 11.8. The van der Waals surface area contributed by atoms with E-state index in [1.54, 1.807) is 11.8 Å². The zero-order valence-corrected chi connectivity index (χ0v) is 16.2. The van der Waals surface area contributed by atoms with E-state index >= 15 is 0 Å². The largest absolute Gasteiger partial charge is 0.321 e. The van der Waals surface area contributed by atoms with Crippen molar-refractivity contribution in [2.24, 2.45) is 4.99 Å². The van der Waals surface area contributed by atoms with Gasteiger partial charge < -0.3 is 4.90 Å². The molecule has 0 radical (unpaired) electrons. The van der Waals surface area contributed by atoms with Crippen LogP contribution in [-0.4, -0.2) is 42.9 Å². The minimum absolute atomic E-state index is 0.0611. The first-order valence-electron chi connectivity index (χ1n) is 8.72. The number of fused-ring (bicyclic) bond motifs is 1. The van der Waals surface area contributed by atoms with E-state index in [9.17, 15) is 8.42 Å². The molecule has 3 rings (SSSR count). The van der Waals surface area contributed by atoms with Crippen LogP contribution in [0.4, 0.5) is 5.69 Å². The molecule has 1 aromatic carbocycles. The maximum absolute atomic E-state index is 11.8. The van der Waals surface area contributed by atoms with Gasteiger partial charge in [0.05, 0.1) is 17.5 Å². The SMILES string of the molecule is CCCCN(C1=NC2CS(=O)(=O)CC2S1)c1ccc(C(C)C)cc1. The molecule has 2 heterocycles. The Hall–Kier alpha value is -1.01. The second-order valence-electron chi connectivity index (χ2n) is 6.96. The number of thioether (sulfide) groups is 1. The third kappa shape index (κ3) is 3.80. The lowest BCUT2D eigenvalue weighted by Gasteiger charge is -2.25. The second-order valence-corrected chi connectivity index (χ2v) is 10.3. The molecule has 132 valence electrons. The molecule has 0 bridgehead atoms. The van der Waals surface area contributed by atoms with Crippen LogP contribution in [-0.2, 0) is 9.84 Å². The van der Waals surface area contributed by atoms with E-state index in [1.165, 1.54) is 5.56 Å². The Morgan fingerprint density at radius 2 is 1.96 bits per heavy atom. The van der Waals surface area contributed by atoms with Gasteiger partial charge in [-0.05, 0) is 30.0 Å². The molecule has 24 heavy (non-hydrogen) atoms. The molecular formula is C18H26N2O2S2. The molecule has 1 aromatic rings. The lowest BCUT2D eigenvalue weighted by Crippen LogP contribution is -2.29. The van der Waals surface area contributed by atoms with Gasteiger partial charge in [-0.15, -0.1) is 0 Å². The fraction of sp³-hybridized carbons (Fsp3) is 0.611. The van der Waals surface area contributed by atoms with Crippen molar-refractivity contribution in [3.8, 4) is 0 Å². The molecule has 0 saturated carbocycles. The van der Waals surface area contributed by atoms with Gasteiger partial charge >= 0.3 is 0 Å². The summed E-state index contributed by atoms with van der Waals surface area (Å²) in [6.45, 7) is 7.51. The smallest absolute Gasteiger partial charge is 0.164 e. The molecule has 0 amide bonds. The van der Waals surface area contributed by atoms with Crippen molar-refractivity contribution in [3.63, 3.8) is 0 Å². The van der Waals surface area contributed by atoms with E-state index in [2.05, 4.69) is 49.9 Å². The molecule has 2 aliphatic rings. The Balaban J connectivity index is 1.82. The van der Waals surface area contributed by atoms with E-state index in [-0.39, 0.29) is 22.8 Å². The first-order chi connectivity index (χ1) is 11.4. The summed E-state index contributed by atoms with van der Waals surface area (Å²) in [5.74, 6) is 0.997. The van der Waals surface area contributed by atoms with Gasteiger partial charge in [0.25, 0.3) is 0 Å². The summed E-state index contributed by atoms with van der Waals surface area (Å²) in [6.07, 6.45) is 2.22. The number of amidine groups is 1. The van der Waals surface area contributed by atoms with Crippen molar-refractivity contribution in [2.45, 2.75) is 50.8 Å². The van der Waals surface area contributed by atoms with Crippen LogP contribution in [0, 0.1) is 0 Å². The Morgan fingerprint density at radius 1 is 1.25 bits per heavy atom. The predicted octanol–water partition coefficient (Wildman–Crippen LogP) is 3.68. The monoisotopic (exact) mass is 366 g/mol. The summed E-state index contributed by atoms with van der Waals surface area (Å²) in [4.78, 5) is 7.03. The summed E-state index contributed by atoms with van der Waals surface area (Å²) in [5.41, 5.74) is 2.49. The lowest BCUT2D eigenvalue weighted by molar-refractivity contribution is 0.601. The van der Waals surface area contributed by atoms with Crippen LogP contribution < -0.4 is 4.90 Å². The van der Waals surface area contributed by atoms with Crippen LogP contribution >= 0.6 is 11.8 Å². The Kier molecular flexibility index (Phi) is 5.25. The number of rotatable bonds is 5. The quantitative estimate of drug-likeness (QED) is 0.797. The van der Waals surface area contributed by atoms with Crippen LogP contribution in [0.1, 0.15) is 45.1 Å². The molecule has 4 nitrogen and oxygen atoms in total. The predicted molar refractivity (Wildman–Crippen MR) is 104 cm³/mol. The first kappa shape index (κ1) is 17.8. The van der Waals surface area contributed by atoms with E-state index in [4.69, 9.17) is 4.99 Å². The highest BCUT2D eigenvalue weighted by Crippen LogP contribution is 2.37. The summed E-state index contributed by atoms with van der Waals surface area (Å²) < 4.78 is 23.5. The highest BCUT2D eigenvalue weighted by atomic mass is 32.2. The molecule has 0 aromatic heterocycles. The molecule has 0 spiro atoms. The number of anilines is 1. The third-order valence-electron chi connectivity index (χ3n) is 4.64. The second kappa shape index (κ2) is 7.08. The number of hydrogen-bond acceptors (Lipinski definition) is 5. The first-order valence-corrected chi connectivity index (χ1v) is 11.4. The number of aliphatic imine (C=N–C) groups is 1. The van der Waals surface area contributed by atoms with Gasteiger partial charge in [0.15, 0.2) is 15.0 Å². The normalized spacial score (nSPS) is 24.9. The Bertz CT molecular complexity index is 711.